The third kappa shape index (κ3) is 3.20. The zero-order chi connectivity index (χ0) is 13.3. The van der Waals surface area contributed by atoms with Crippen molar-refractivity contribution in [3.8, 4) is 0 Å². The molecule has 0 aromatic carbocycles. The van der Waals surface area contributed by atoms with Crippen molar-refractivity contribution < 1.29 is 9.59 Å². The Bertz CT molecular complexity index is 354. The van der Waals surface area contributed by atoms with Crippen LogP contribution in [0.25, 0.3) is 0 Å². The molecular formula is C13H24ClN3O2. The maximum atomic E-state index is 12.1. The van der Waals surface area contributed by atoms with E-state index in [-0.39, 0.29) is 36.3 Å². The number of hydrogen-bond donors (Lipinski definition) is 2. The van der Waals surface area contributed by atoms with E-state index in [2.05, 4.69) is 5.32 Å². The first-order valence-corrected chi connectivity index (χ1v) is 6.84. The third-order valence-corrected chi connectivity index (χ3v) is 4.12. The molecule has 0 spiro atoms. The maximum absolute atomic E-state index is 12.1. The molecule has 0 aromatic heterocycles. The molecular weight excluding hydrogens is 266 g/mol. The normalized spacial score (nSPS) is 25.6. The third-order valence-electron chi connectivity index (χ3n) is 4.12. The molecule has 2 rings (SSSR count). The molecule has 2 aliphatic rings. The summed E-state index contributed by atoms with van der Waals surface area (Å²) >= 11 is 0. The number of likely N-dealkylation sites (tertiary alicyclic amines) is 1. The van der Waals surface area contributed by atoms with Gasteiger partial charge < -0.3 is 16.0 Å². The van der Waals surface area contributed by atoms with Crippen LogP contribution in [-0.4, -0.2) is 40.9 Å². The van der Waals surface area contributed by atoms with Gasteiger partial charge in [-0.15, -0.1) is 12.4 Å². The molecule has 1 saturated heterocycles. The topological polar surface area (TPSA) is 75.4 Å². The lowest BCUT2D eigenvalue weighted by molar-refractivity contribution is -0.135. The standard InChI is InChI=1S/C13H23N3O2.ClH/c1-9(2)16-8-5-10(11(16)17)15-12(18)13(14)6-3-4-7-13;/h9-10H,3-8,14H2,1-2H3,(H,15,18);1H. The molecule has 0 radical (unpaired) electrons. The molecule has 1 aliphatic carbocycles. The number of hydrogen-bond acceptors (Lipinski definition) is 3. The monoisotopic (exact) mass is 289 g/mol. The summed E-state index contributed by atoms with van der Waals surface area (Å²) in [6.07, 6.45) is 4.15. The molecule has 0 bridgehead atoms. The van der Waals surface area contributed by atoms with Gasteiger partial charge in [-0.3, -0.25) is 9.59 Å². The van der Waals surface area contributed by atoms with Gasteiger partial charge in [0.15, 0.2) is 0 Å². The number of nitrogens with one attached hydrogen (secondary N) is 1. The van der Waals surface area contributed by atoms with Crippen LogP contribution in [0.1, 0.15) is 46.0 Å². The van der Waals surface area contributed by atoms with E-state index in [0.29, 0.717) is 6.42 Å². The van der Waals surface area contributed by atoms with Gasteiger partial charge in [0.25, 0.3) is 0 Å². The Hall–Kier alpha value is -0.810. The molecule has 19 heavy (non-hydrogen) atoms. The number of nitrogens with zero attached hydrogens (tertiary/aromatic N) is 1. The van der Waals surface area contributed by atoms with Crippen LogP contribution in [0.15, 0.2) is 0 Å². The molecule has 0 aromatic rings. The number of halogens is 1. The second kappa shape index (κ2) is 6.09. The minimum Gasteiger partial charge on any atom is -0.343 e. The fourth-order valence-electron chi connectivity index (χ4n) is 2.88. The Labute approximate surface area is 120 Å². The van der Waals surface area contributed by atoms with Gasteiger partial charge in [-0.1, -0.05) is 12.8 Å². The first-order valence-electron chi connectivity index (χ1n) is 6.84. The molecule has 1 atom stereocenters. The number of carbonyl (C=O) groups is 2. The molecule has 1 aliphatic heterocycles. The molecule has 2 fully saturated rings. The van der Waals surface area contributed by atoms with Crippen molar-refractivity contribution in [2.45, 2.75) is 63.6 Å². The van der Waals surface area contributed by atoms with Gasteiger partial charge in [-0.25, -0.2) is 0 Å². The molecule has 6 heteroatoms. The first kappa shape index (κ1) is 16.2. The quantitative estimate of drug-likeness (QED) is 0.807. The van der Waals surface area contributed by atoms with Crippen molar-refractivity contribution in [3.63, 3.8) is 0 Å². The second-order valence-electron chi connectivity index (χ2n) is 5.80. The molecule has 2 amide bonds. The van der Waals surface area contributed by atoms with E-state index in [1.165, 1.54) is 0 Å². The summed E-state index contributed by atoms with van der Waals surface area (Å²) in [5.74, 6) is -0.121. The van der Waals surface area contributed by atoms with Crippen molar-refractivity contribution in [2.75, 3.05) is 6.54 Å². The highest BCUT2D eigenvalue weighted by Crippen LogP contribution is 2.27. The van der Waals surface area contributed by atoms with Crippen molar-refractivity contribution >= 4 is 24.2 Å². The highest BCUT2D eigenvalue weighted by Gasteiger charge is 2.41. The van der Waals surface area contributed by atoms with Crippen molar-refractivity contribution in [2.24, 2.45) is 5.73 Å². The van der Waals surface area contributed by atoms with Gasteiger partial charge >= 0.3 is 0 Å². The summed E-state index contributed by atoms with van der Waals surface area (Å²) in [4.78, 5) is 26.0. The van der Waals surface area contributed by atoms with Gasteiger partial charge in [0.1, 0.15) is 6.04 Å². The summed E-state index contributed by atoms with van der Waals surface area (Å²) in [6.45, 7) is 4.70. The number of nitrogens with two attached hydrogens (primary N) is 1. The van der Waals surface area contributed by atoms with Gasteiger partial charge in [0.2, 0.25) is 11.8 Å². The maximum Gasteiger partial charge on any atom is 0.245 e. The van der Waals surface area contributed by atoms with Crippen LogP contribution in [0.3, 0.4) is 0 Å². The van der Waals surface area contributed by atoms with E-state index < -0.39 is 5.54 Å². The lowest BCUT2D eigenvalue weighted by Gasteiger charge is -2.25. The molecule has 1 heterocycles. The van der Waals surface area contributed by atoms with E-state index in [1.807, 2.05) is 18.7 Å². The van der Waals surface area contributed by atoms with E-state index in [4.69, 9.17) is 5.73 Å². The average molecular weight is 290 g/mol. The molecule has 3 N–H and O–H groups in total. The van der Waals surface area contributed by atoms with Gasteiger partial charge in [-0.2, -0.15) is 0 Å². The summed E-state index contributed by atoms with van der Waals surface area (Å²) in [5.41, 5.74) is 5.34. The molecule has 5 nitrogen and oxygen atoms in total. The minimum atomic E-state index is -0.745. The van der Waals surface area contributed by atoms with Gasteiger partial charge in [-0.05, 0) is 33.1 Å². The van der Waals surface area contributed by atoms with Crippen LogP contribution in [0.2, 0.25) is 0 Å². The SMILES string of the molecule is CC(C)N1CCC(NC(=O)C2(N)CCCC2)C1=O.Cl. The van der Waals surface area contributed by atoms with Gasteiger partial charge in [0.05, 0.1) is 5.54 Å². The number of amides is 2. The lowest BCUT2D eigenvalue weighted by atomic mass is 9.97. The summed E-state index contributed by atoms with van der Waals surface area (Å²) in [5, 5.41) is 2.84. The summed E-state index contributed by atoms with van der Waals surface area (Å²) in [6, 6.07) is -0.182. The summed E-state index contributed by atoms with van der Waals surface area (Å²) < 4.78 is 0. The molecule has 1 saturated carbocycles. The fourth-order valence-corrected chi connectivity index (χ4v) is 2.88. The van der Waals surface area contributed by atoms with E-state index in [1.54, 1.807) is 0 Å². The average Bonchev–Trinajstić information content (AvgIpc) is 2.88. The van der Waals surface area contributed by atoms with Crippen LogP contribution >= 0.6 is 12.4 Å². The predicted octanol–water partition coefficient (Wildman–Crippen LogP) is 0.805. The minimum absolute atomic E-state index is 0. The smallest absolute Gasteiger partial charge is 0.245 e. The Morgan fingerprint density at radius 1 is 1.42 bits per heavy atom. The Balaban J connectivity index is 0.00000180. The van der Waals surface area contributed by atoms with E-state index in [9.17, 15) is 9.59 Å². The molecule has 1 unspecified atom stereocenters. The largest absolute Gasteiger partial charge is 0.343 e. The van der Waals surface area contributed by atoms with Crippen LogP contribution in [0.5, 0.6) is 0 Å². The first-order chi connectivity index (χ1) is 8.44. The Morgan fingerprint density at radius 3 is 2.47 bits per heavy atom. The van der Waals surface area contributed by atoms with E-state index in [0.717, 1.165) is 32.2 Å². The fraction of sp³-hybridized carbons (Fsp3) is 0.846. The lowest BCUT2D eigenvalue weighted by Crippen LogP contribution is -2.56. The Morgan fingerprint density at radius 2 is 2.00 bits per heavy atom. The highest BCUT2D eigenvalue weighted by atomic mass is 35.5. The van der Waals surface area contributed by atoms with Crippen LogP contribution in [-0.2, 0) is 9.59 Å². The molecule has 110 valence electrons. The predicted molar refractivity (Wildman–Crippen MR) is 76.0 cm³/mol. The Kier molecular flexibility index (Phi) is 5.21. The zero-order valence-corrected chi connectivity index (χ0v) is 12.5. The van der Waals surface area contributed by atoms with Crippen LogP contribution in [0.4, 0.5) is 0 Å². The van der Waals surface area contributed by atoms with E-state index >= 15 is 0 Å². The number of rotatable bonds is 3. The van der Waals surface area contributed by atoms with Crippen molar-refractivity contribution in [1.29, 1.82) is 0 Å². The van der Waals surface area contributed by atoms with Crippen molar-refractivity contribution in [1.82, 2.24) is 10.2 Å². The number of carbonyl (C=O) groups excluding carboxylic acids is 2. The van der Waals surface area contributed by atoms with Crippen molar-refractivity contribution in [3.05, 3.63) is 0 Å². The van der Waals surface area contributed by atoms with Gasteiger partial charge in [0, 0.05) is 12.6 Å². The summed E-state index contributed by atoms with van der Waals surface area (Å²) in [7, 11) is 0. The van der Waals surface area contributed by atoms with Crippen LogP contribution < -0.4 is 11.1 Å². The zero-order valence-electron chi connectivity index (χ0n) is 11.6. The second-order valence-corrected chi connectivity index (χ2v) is 5.80. The van der Waals surface area contributed by atoms with Crippen LogP contribution in [0, 0.1) is 0 Å². The highest BCUT2D eigenvalue weighted by molar-refractivity contribution is 5.93.